The normalized spacial score (nSPS) is 14.2. The number of hydrogen-bond acceptors (Lipinski definition) is 6. The third kappa shape index (κ3) is 6.34. The largest absolute Gasteiger partial charge is 0.378 e. The van der Waals surface area contributed by atoms with Gasteiger partial charge in [0.2, 0.25) is 21.8 Å². The molecule has 2 N–H and O–H groups in total. The van der Waals surface area contributed by atoms with Crippen molar-refractivity contribution in [2.75, 3.05) is 54.9 Å². The molecule has 9 nitrogen and oxygen atoms in total. The van der Waals surface area contributed by atoms with Crippen LogP contribution in [0.15, 0.2) is 47.4 Å². The quantitative estimate of drug-likeness (QED) is 0.562. The SMILES string of the molecule is CCN(CC)S(=O)(=O)c1ccc(N2CCOCC2)c(NC(=O)Cc2ccc(NC(C)=O)cc2)c1. The van der Waals surface area contributed by atoms with Crippen molar-refractivity contribution in [2.45, 2.75) is 32.1 Å². The predicted octanol–water partition coefficient (Wildman–Crippen LogP) is 2.69. The summed E-state index contributed by atoms with van der Waals surface area (Å²) in [6.07, 6.45) is 0.107. The lowest BCUT2D eigenvalue weighted by atomic mass is 10.1. The van der Waals surface area contributed by atoms with Crippen LogP contribution in [0.4, 0.5) is 17.1 Å². The van der Waals surface area contributed by atoms with Crippen LogP contribution in [0.1, 0.15) is 26.3 Å². The highest BCUT2D eigenvalue weighted by molar-refractivity contribution is 7.89. The molecule has 0 saturated carbocycles. The van der Waals surface area contributed by atoms with Gasteiger partial charge in [0.1, 0.15) is 0 Å². The van der Waals surface area contributed by atoms with Crippen molar-refractivity contribution >= 4 is 38.9 Å². The Bertz CT molecular complexity index is 1110. The summed E-state index contributed by atoms with van der Waals surface area (Å²) in [6, 6.07) is 11.9. The molecule has 2 aromatic carbocycles. The first kappa shape index (κ1) is 25.7. The van der Waals surface area contributed by atoms with Gasteiger partial charge >= 0.3 is 0 Å². The number of hydrogen-bond donors (Lipinski definition) is 2. The van der Waals surface area contributed by atoms with Gasteiger partial charge in [-0.2, -0.15) is 4.31 Å². The lowest BCUT2D eigenvalue weighted by Crippen LogP contribution is -2.37. The standard InChI is InChI=1S/C24H32N4O5S/c1-4-28(5-2)34(31,32)21-10-11-23(27-12-14-33-15-13-27)22(17-21)26-24(30)16-19-6-8-20(9-7-19)25-18(3)29/h6-11,17H,4-5,12-16H2,1-3H3,(H,25,29)(H,26,30). The van der Waals surface area contributed by atoms with Crippen molar-refractivity contribution in [3.8, 4) is 0 Å². The van der Waals surface area contributed by atoms with Crippen LogP contribution in [0.25, 0.3) is 0 Å². The number of rotatable bonds is 9. The van der Waals surface area contributed by atoms with E-state index in [9.17, 15) is 18.0 Å². The average molecular weight is 489 g/mol. The lowest BCUT2D eigenvalue weighted by molar-refractivity contribution is -0.116. The molecule has 3 rings (SSSR count). The number of ether oxygens (including phenoxy) is 1. The maximum Gasteiger partial charge on any atom is 0.243 e. The molecule has 2 aromatic rings. The monoisotopic (exact) mass is 488 g/mol. The molecule has 34 heavy (non-hydrogen) atoms. The molecule has 1 saturated heterocycles. The predicted molar refractivity (Wildman–Crippen MR) is 133 cm³/mol. The van der Waals surface area contributed by atoms with E-state index < -0.39 is 10.0 Å². The van der Waals surface area contributed by atoms with Gasteiger partial charge in [-0.15, -0.1) is 0 Å². The molecule has 1 heterocycles. The van der Waals surface area contributed by atoms with Crippen LogP contribution in [-0.4, -0.2) is 63.9 Å². The number of benzene rings is 2. The zero-order chi connectivity index (χ0) is 24.7. The van der Waals surface area contributed by atoms with Gasteiger partial charge in [0.25, 0.3) is 0 Å². The number of carbonyl (C=O) groups excluding carboxylic acids is 2. The van der Waals surface area contributed by atoms with Crippen molar-refractivity contribution < 1.29 is 22.7 Å². The molecule has 1 fully saturated rings. The van der Waals surface area contributed by atoms with E-state index in [0.29, 0.717) is 50.8 Å². The molecular formula is C24H32N4O5S. The van der Waals surface area contributed by atoms with Crippen LogP contribution in [-0.2, 0) is 30.8 Å². The van der Waals surface area contributed by atoms with Gasteiger partial charge in [0.15, 0.2) is 0 Å². The first-order chi connectivity index (χ1) is 16.2. The van der Waals surface area contributed by atoms with Gasteiger partial charge in [-0.1, -0.05) is 26.0 Å². The maximum absolute atomic E-state index is 13.1. The van der Waals surface area contributed by atoms with E-state index in [1.807, 2.05) is 0 Å². The lowest BCUT2D eigenvalue weighted by Gasteiger charge is -2.31. The first-order valence-electron chi connectivity index (χ1n) is 11.4. The van der Waals surface area contributed by atoms with E-state index in [0.717, 1.165) is 11.3 Å². The van der Waals surface area contributed by atoms with Crippen molar-refractivity contribution in [2.24, 2.45) is 0 Å². The van der Waals surface area contributed by atoms with Crippen molar-refractivity contribution in [1.29, 1.82) is 0 Å². The fourth-order valence-corrected chi connectivity index (χ4v) is 5.34. The van der Waals surface area contributed by atoms with Crippen molar-refractivity contribution in [3.63, 3.8) is 0 Å². The number of anilines is 3. The molecule has 1 aliphatic heterocycles. The Morgan fingerprint density at radius 1 is 1.00 bits per heavy atom. The molecule has 0 aromatic heterocycles. The van der Waals surface area contributed by atoms with Crippen LogP contribution in [0, 0.1) is 0 Å². The van der Waals surface area contributed by atoms with E-state index in [2.05, 4.69) is 15.5 Å². The fraction of sp³-hybridized carbons (Fsp3) is 0.417. The second-order valence-corrected chi connectivity index (χ2v) is 9.91. The van der Waals surface area contributed by atoms with Crippen LogP contribution < -0.4 is 15.5 Å². The van der Waals surface area contributed by atoms with E-state index in [4.69, 9.17) is 4.74 Å². The zero-order valence-electron chi connectivity index (χ0n) is 19.8. The van der Waals surface area contributed by atoms with Crippen LogP contribution in [0.3, 0.4) is 0 Å². The zero-order valence-corrected chi connectivity index (χ0v) is 20.7. The molecule has 0 radical (unpaired) electrons. The molecule has 184 valence electrons. The summed E-state index contributed by atoms with van der Waals surface area (Å²) in [4.78, 5) is 26.3. The molecule has 0 aliphatic carbocycles. The highest BCUT2D eigenvalue weighted by atomic mass is 32.2. The minimum absolute atomic E-state index is 0.107. The minimum atomic E-state index is -3.68. The van der Waals surface area contributed by atoms with Crippen LogP contribution in [0.2, 0.25) is 0 Å². The Morgan fingerprint density at radius 3 is 2.24 bits per heavy atom. The van der Waals surface area contributed by atoms with E-state index >= 15 is 0 Å². The van der Waals surface area contributed by atoms with Gasteiger partial charge in [0, 0.05) is 38.8 Å². The number of nitrogens with zero attached hydrogens (tertiary/aromatic N) is 2. The van der Waals surface area contributed by atoms with Crippen LogP contribution in [0.5, 0.6) is 0 Å². The number of carbonyl (C=O) groups is 2. The molecule has 0 bridgehead atoms. The van der Waals surface area contributed by atoms with E-state index in [-0.39, 0.29) is 23.1 Å². The number of amides is 2. The van der Waals surface area contributed by atoms with Gasteiger partial charge in [0.05, 0.1) is 35.9 Å². The van der Waals surface area contributed by atoms with Gasteiger partial charge in [-0.25, -0.2) is 8.42 Å². The van der Waals surface area contributed by atoms with Crippen molar-refractivity contribution in [1.82, 2.24) is 4.31 Å². The Morgan fingerprint density at radius 2 is 1.65 bits per heavy atom. The fourth-order valence-electron chi connectivity index (χ4n) is 3.86. The Balaban J connectivity index is 1.86. The highest BCUT2D eigenvalue weighted by Crippen LogP contribution is 2.31. The molecular weight excluding hydrogens is 456 g/mol. The van der Waals surface area contributed by atoms with E-state index in [1.54, 1.807) is 50.2 Å². The smallest absolute Gasteiger partial charge is 0.243 e. The Labute approximate surface area is 201 Å². The Hall–Kier alpha value is -2.95. The summed E-state index contributed by atoms with van der Waals surface area (Å²) in [7, 11) is -3.68. The summed E-state index contributed by atoms with van der Waals surface area (Å²) >= 11 is 0. The second kappa shape index (κ2) is 11.5. The molecule has 10 heteroatoms. The highest BCUT2D eigenvalue weighted by Gasteiger charge is 2.24. The molecule has 0 unspecified atom stereocenters. The summed E-state index contributed by atoms with van der Waals surface area (Å²) in [6.45, 7) is 8.17. The molecule has 2 amide bonds. The second-order valence-electron chi connectivity index (χ2n) is 7.97. The summed E-state index contributed by atoms with van der Waals surface area (Å²) < 4.78 is 33.0. The first-order valence-corrected chi connectivity index (χ1v) is 12.8. The number of sulfonamides is 1. The number of morpholine rings is 1. The summed E-state index contributed by atoms with van der Waals surface area (Å²) in [5.74, 6) is -0.431. The Kier molecular flexibility index (Phi) is 8.65. The van der Waals surface area contributed by atoms with Gasteiger partial charge in [-0.05, 0) is 35.9 Å². The third-order valence-corrected chi connectivity index (χ3v) is 7.62. The summed E-state index contributed by atoms with van der Waals surface area (Å²) in [5.41, 5.74) is 2.64. The van der Waals surface area contributed by atoms with Crippen LogP contribution >= 0.6 is 0 Å². The third-order valence-electron chi connectivity index (χ3n) is 5.58. The topological polar surface area (TPSA) is 108 Å². The number of nitrogens with one attached hydrogen (secondary N) is 2. The van der Waals surface area contributed by atoms with Crippen molar-refractivity contribution in [3.05, 3.63) is 48.0 Å². The molecule has 0 atom stereocenters. The molecule has 1 aliphatic rings. The average Bonchev–Trinajstić information content (AvgIpc) is 2.81. The van der Waals surface area contributed by atoms with Gasteiger partial charge in [-0.3, -0.25) is 9.59 Å². The maximum atomic E-state index is 13.1. The summed E-state index contributed by atoms with van der Waals surface area (Å²) in [5, 5.41) is 5.61. The minimum Gasteiger partial charge on any atom is -0.378 e. The molecule has 0 spiro atoms. The van der Waals surface area contributed by atoms with Gasteiger partial charge < -0.3 is 20.3 Å². The van der Waals surface area contributed by atoms with E-state index in [1.165, 1.54) is 17.3 Å².